The number of halogens is 3. The summed E-state index contributed by atoms with van der Waals surface area (Å²) in [5.41, 5.74) is 0.477. The SMILES string of the molecule is O=C(O)c1cccc(NC(=S)NC(NC(=O)c2ccco2)C(Cl)(Cl)Cl)c1. The van der Waals surface area contributed by atoms with Crippen molar-refractivity contribution in [2.24, 2.45) is 0 Å². The van der Waals surface area contributed by atoms with Crippen LogP contribution < -0.4 is 16.0 Å². The predicted octanol–water partition coefficient (Wildman–Crippen LogP) is 3.39. The van der Waals surface area contributed by atoms with Crippen LogP contribution >= 0.6 is 47.0 Å². The molecule has 1 heterocycles. The number of amides is 1. The molecule has 0 spiro atoms. The fraction of sp³-hybridized carbons (Fsp3) is 0.133. The third-order valence-corrected chi connectivity index (χ3v) is 3.87. The summed E-state index contributed by atoms with van der Waals surface area (Å²) < 4.78 is 3.04. The fourth-order valence-corrected chi connectivity index (χ4v) is 2.40. The molecule has 0 radical (unpaired) electrons. The number of carbonyl (C=O) groups is 2. The molecule has 0 aliphatic heterocycles. The van der Waals surface area contributed by atoms with E-state index in [1.165, 1.54) is 30.5 Å². The first-order valence-corrected chi connectivity index (χ1v) is 8.53. The Morgan fingerprint density at radius 1 is 1.15 bits per heavy atom. The zero-order chi connectivity index (χ0) is 19.3. The molecule has 0 bridgehead atoms. The van der Waals surface area contributed by atoms with E-state index < -0.39 is 21.8 Å². The molecule has 1 aromatic heterocycles. The van der Waals surface area contributed by atoms with E-state index in [0.29, 0.717) is 5.69 Å². The van der Waals surface area contributed by atoms with Crippen molar-refractivity contribution in [3.05, 3.63) is 54.0 Å². The van der Waals surface area contributed by atoms with E-state index in [-0.39, 0.29) is 16.4 Å². The van der Waals surface area contributed by atoms with Gasteiger partial charge in [-0.2, -0.15) is 0 Å². The van der Waals surface area contributed by atoms with Crippen LogP contribution in [-0.4, -0.2) is 32.1 Å². The highest BCUT2D eigenvalue weighted by Gasteiger charge is 2.35. The number of alkyl halides is 3. The molecule has 1 aromatic carbocycles. The topological polar surface area (TPSA) is 104 Å². The number of hydrogen-bond donors (Lipinski definition) is 4. The van der Waals surface area contributed by atoms with Gasteiger partial charge in [-0.05, 0) is 42.5 Å². The van der Waals surface area contributed by atoms with Crippen LogP contribution in [-0.2, 0) is 0 Å². The second-order valence-corrected chi connectivity index (χ2v) is 7.69. The lowest BCUT2D eigenvalue weighted by Gasteiger charge is -2.27. The van der Waals surface area contributed by atoms with E-state index in [1.54, 1.807) is 12.1 Å². The molecule has 1 atom stereocenters. The summed E-state index contributed by atoms with van der Waals surface area (Å²) in [6, 6.07) is 8.93. The van der Waals surface area contributed by atoms with Crippen molar-refractivity contribution in [1.82, 2.24) is 10.6 Å². The summed E-state index contributed by atoms with van der Waals surface area (Å²) in [6.07, 6.45) is 0.140. The van der Waals surface area contributed by atoms with Crippen molar-refractivity contribution in [3.8, 4) is 0 Å². The van der Waals surface area contributed by atoms with E-state index in [1.807, 2.05) is 0 Å². The summed E-state index contributed by atoms with van der Waals surface area (Å²) in [6.45, 7) is 0. The van der Waals surface area contributed by atoms with Crippen molar-refractivity contribution < 1.29 is 19.1 Å². The average molecular weight is 437 g/mol. The lowest BCUT2D eigenvalue weighted by Crippen LogP contribution is -2.56. The average Bonchev–Trinajstić information content (AvgIpc) is 3.08. The molecule has 1 amide bonds. The highest BCUT2D eigenvalue weighted by atomic mass is 35.6. The Hall–Kier alpha value is -2.00. The highest BCUT2D eigenvalue weighted by Crippen LogP contribution is 2.29. The van der Waals surface area contributed by atoms with Gasteiger partial charge >= 0.3 is 5.97 Å². The zero-order valence-corrected chi connectivity index (χ0v) is 15.9. The van der Waals surface area contributed by atoms with Gasteiger partial charge in [0.25, 0.3) is 5.91 Å². The van der Waals surface area contributed by atoms with Crippen LogP contribution in [0.2, 0.25) is 0 Å². The molecule has 0 saturated heterocycles. The fourth-order valence-electron chi connectivity index (χ4n) is 1.84. The number of anilines is 1. The van der Waals surface area contributed by atoms with Gasteiger partial charge in [0.05, 0.1) is 11.8 Å². The maximum absolute atomic E-state index is 12.1. The number of hydrogen-bond acceptors (Lipinski definition) is 4. The van der Waals surface area contributed by atoms with Gasteiger partial charge in [-0.15, -0.1) is 0 Å². The summed E-state index contributed by atoms with van der Waals surface area (Å²) in [5, 5.41) is 16.9. The molecule has 0 fully saturated rings. The van der Waals surface area contributed by atoms with Crippen LogP contribution in [0.3, 0.4) is 0 Å². The minimum Gasteiger partial charge on any atom is -0.478 e. The van der Waals surface area contributed by atoms with Crippen molar-refractivity contribution in [1.29, 1.82) is 0 Å². The molecule has 0 aliphatic rings. The Morgan fingerprint density at radius 3 is 2.46 bits per heavy atom. The Labute approximate surface area is 168 Å². The number of thiocarbonyl (C=S) groups is 1. The van der Waals surface area contributed by atoms with Gasteiger partial charge < -0.3 is 25.5 Å². The number of nitrogens with one attached hydrogen (secondary N) is 3. The first kappa shape index (κ1) is 20.3. The van der Waals surface area contributed by atoms with Crippen LogP contribution in [0.15, 0.2) is 47.1 Å². The van der Waals surface area contributed by atoms with Crippen molar-refractivity contribution >= 4 is 69.7 Å². The smallest absolute Gasteiger partial charge is 0.335 e. The van der Waals surface area contributed by atoms with Gasteiger partial charge in [-0.3, -0.25) is 4.79 Å². The highest BCUT2D eigenvalue weighted by molar-refractivity contribution is 7.80. The molecular weight excluding hydrogens is 425 g/mol. The van der Waals surface area contributed by atoms with Gasteiger partial charge in [0.15, 0.2) is 10.9 Å². The molecular formula is C15H12Cl3N3O4S. The third kappa shape index (κ3) is 5.77. The number of carbonyl (C=O) groups excluding carboxylic acids is 1. The van der Waals surface area contributed by atoms with Crippen LogP contribution in [0.25, 0.3) is 0 Å². The van der Waals surface area contributed by atoms with Crippen LogP contribution in [0.1, 0.15) is 20.9 Å². The number of rotatable bonds is 5. The van der Waals surface area contributed by atoms with Gasteiger partial charge in [-0.1, -0.05) is 40.9 Å². The lowest BCUT2D eigenvalue weighted by molar-refractivity contribution is 0.0696. The van der Waals surface area contributed by atoms with Crippen molar-refractivity contribution in [2.75, 3.05) is 5.32 Å². The van der Waals surface area contributed by atoms with E-state index in [2.05, 4.69) is 16.0 Å². The van der Waals surface area contributed by atoms with Gasteiger partial charge in [0.1, 0.15) is 6.17 Å². The second kappa shape index (κ2) is 8.59. The third-order valence-electron chi connectivity index (χ3n) is 2.99. The summed E-state index contributed by atoms with van der Waals surface area (Å²) in [5.74, 6) is -1.68. The minimum atomic E-state index is -1.93. The summed E-state index contributed by atoms with van der Waals surface area (Å²) >= 11 is 22.8. The summed E-state index contributed by atoms with van der Waals surface area (Å²) in [7, 11) is 0. The number of carboxylic acid groups (broad SMARTS) is 1. The molecule has 0 aliphatic carbocycles. The second-order valence-electron chi connectivity index (χ2n) is 4.91. The monoisotopic (exact) mass is 435 g/mol. The summed E-state index contributed by atoms with van der Waals surface area (Å²) in [4.78, 5) is 23.1. The maximum Gasteiger partial charge on any atom is 0.335 e. The van der Waals surface area contributed by atoms with E-state index in [0.717, 1.165) is 0 Å². The Bertz CT molecular complexity index is 809. The predicted molar refractivity (Wildman–Crippen MR) is 103 cm³/mol. The minimum absolute atomic E-state index is 0.00334. The van der Waals surface area contributed by atoms with Gasteiger partial charge in [0.2, 0.25) is 3.79 Å². The Kier molecular flexibility index (Phi) is 6.71. The zero-order valence-electron chi connectivity index (χ0n) is 12.8. The van der Waals surface area contributed by atoms with E-state index in [4.69, 9.17) is 56.5 Å². The first-order valence-electron chi connectivity index (χ1n) is 6.99. The number of carboxylic acids is 1. The Morgan fingerprint density at radius 2 is 1.88 bits per heavy atom. The molecule has 7 nitrogen and oxygen atoms in total. The van der Waals surface area contributed by atoms with Crippen LogP contribution in [0, 0.1) is 0 Å². The molecule has 11 heteroatoms. The standard InChI is InChI=1S/C15H12Cl3N3O4S/c16-15(17,18)13(20-11(22)10-5-2-6-25-10)21-14(26)19-9-4-1-3-8(7-9)12(23)24/h1-7,13H,(H,20,22)(H,23,24)(H2,19,21,26). The molecule has 2 rings (SSSR count). The lowest BCUT2D eigenvalue weighted by atomic mass is 10.2. The largest absolute Gasteiger partial charge is 0.478 e. The normalized spacial score (nSPS) is 12.1. The van der Waals surface area contributed by atoms with E-state index in [9.17, 15) is 9.59 Å². The molecule has 1 unspecified atom stereocenters. The van der Waals surface area contributed by atoms with E-state index >= 15 is 0 Å². The first-order chi connectivity index (χ1) is 12.2. The molecule has 0 saturated carbocycles. The number of furan rings is 1. The quantitative estimate of drug-likeness (QED) is 0.323. The number of aromatic carboxylic acids is 1. The molecule has 138 valence electrons. The van der Waals surface area contributed by atoms with Crippen LogP contribution in [0.4, 0.5) is 5.69 Å². The van der Waals surface area contributed by atoms with Crippen LogP contribution in [0.5, 0.6) is 0 Å². The van der Waals surface area contributed by atoms with Gasteiger partial charge in [-0.25, -0.2) is 4.79 Å². The molecule has 4 N–H and O–H groups in total. The Balaban J connectivity index is 2.06. The molecule has 2 aromatic rings. The van der Waals surface area contributed by atoms with Crippen molar-refractivity contribution in [2.45, 2.75) is 9.96 Å². The molecule has 26 heavy (non-hydrogen) atoms. The number of benzene rings is 1. The van der Waals surface area contributed by atoms with Gasteiger partial charge in [0, 0.05) is 5.69 Å². The van der Waals surface area contributed by atoms with Crippen molar-refractivity contribution in [3.63, 3.8) is 0 Å². The maximum atomic E-state index is 12.1.